The van der Waals surface area contributed by atoms with Crippen molar-refractivity contribution in [1.29, 1.82) is 0 Å². The van der Waals surface area contributed by atoms with E-state index in [1.807, 2.05) is 0 Å². The number of benzene rings is 2. The van der Waals surface area contributed by atoms with Gasteiger partial charge < -0.3 is 16.4 Å². The first kappa shape index (κ1) is 15.7. The molecule has 7 heteroatoms. The van der Waals surface area contributed by atoms with Gasteiger partial charge in [0, 0.05) is 4.47 Å². The van der Waals surface area contributed by atoms with Crippen LogP contribution in [0.5, 0.6) is 0 Å². The minimum Gasteiger partial charge on any atom is -0.366 e. The minimum absolute atomic E-state index is 0.129. The number of primary amides is 1. The first-order valence-corrected chi connectivity index (χ1v) is 7.04. The zero-order valence-corrected chi connectivity index (χ0v) is 12.9. The average Bonchev–Trinajstić information content (AvgIpc) is 2.49. The molecular weight excluding hydrogens is 350 g/mol. The summed E-state index contributed by atoms with van der Waals surface area (Å²) in [5.74, 6) is -2.45. The van der Waals surface area contributed by atoms with E-state index >= 15 is 0 Å². The largest absolute Gasteiger partial charge is 0.366 e. The van der Waals surface area contributed by atoms with Gasteiger partial charge in [-0.2, -0.15) is 0 Å². The van der Waals surface area contributed by atoms with Gasteiger partial charge in [-0.3, -0.25) is 14.4 Å². The highest BCUT2D eigenvalue weighted by Gasteiger charge is 2.17. The predicted molar refractivity (Wildman–Crippen MR) is 86.4 cm³/mol. The van der Waals surface area contributed by atoms with Gasteiger partial charge in [-0.05, 0) is 40.2 Å². The first-order chi connectivity index (χ1) is 10.5. The number of rotatable bonds is 3. The topological polar surface area (TPSA) is 101 Å². The zero-order valence-electron chi connectivity index (χ0n) is 11.3. The number of para-hydroxylation sites is 2. The highest BCUT2D eigenvalue weighted by molar-refractivity contribution is 9.10. The number of carbonyl (C=O) groups excluding carboxylic acids is 3. The van der Waals surface area contributed by atoms with Crippen LogP contribution in [-0.2, 0) is 9.59 Å². The van der Waals surface area contributed by atoms with Gasteiger partial charge in [0.1, 0.15) is 0 Å². The van der Waals surface area contributed by atoms with Gasteiger partial charge in [0.25, 0.3) is 5.91 Å². The van der Waals surface area contributed by atoms with Crippen LogP contribution in [0.1, 0.15) is 10.4 Å². The van der Waals surface area contributed by atoms with E-state index in [2.05, 4.69) is 26.6 Å². The maximum absolute atomic E-state index is 11.9. The maximum atomic E-state index is 11.9. The van der Waals surface area contributed by atoms with Gasteiger partial charge in [0.05, 0.1) is 16.9 Å². The molecule has 22 heavy (non-hydrogen) atoms. The van der Waals surface area contributed by atoms with Crippen molar-refractivity contribution in [3.8, 4) is 0 Å². The van der Waals surface area contributed by atoms with Crippen LogP contribution in [0, 0.1) is 0 Å². The van der Waals surface area contributed by atoms with E-state index in [1.165, 1.54) is 12.1 Å². The fourth-order valence-electron chi connectivity index (χ4n) is 1.73. The molecule has 2 aromatic rings. The molecule has 112 valence electrons. The van der Waals surface area contributed by atoms with Gasteiger partial charge in [0.2, 0.25) is 0 Å². The Morgan fingerprint density at radius 3 is 1.91 bits per heavy atom. The number of carbonyl (C=O) groups is 3. The summed E-state index contributed by atoms with van der Waals surface area (Å²) in [4.78, 5) is 35.1. The molecule has 0 saturated heterocycles. The molecule has 0 aliphatic rings. The molecule has 6 nitrogen and oxygen atoms in total. The average molecular weight is 362 g/mol. The van der Waals surface area contributed by atoms with Crippen molar-refractivity contribution in [2.45, 2.75) is 0 Å². The third-order valence-electron chi connectivity index (χ3n) is 2.77. The number of amides is 3. The van der Waals surface area contributed by atoms with Gasteiger partial charge in [0.15, 0.2) is 0 Å². The van der Waals surface area contributed by atoms with Gasteiger partial charge >= 0.3 is 11.8 Å². The summed E-state index contributed by atoms with van der Waals surface area (Å²) in [6, 6.07) is 13.1. The van der Waals surface area contributed by atoms with E-state index in [0.29, 0.717) is 10.2 Å². The Bertz CT molecular complexity index is 746. The van der Waals surface area contributed by atoms with Crippen molar-refractivity contribution in [2.75, 3.05) is 10.6 Å². The van der Waals surface area contributed by atoms with Crippen molar-refractivity contribution in [3.63, 3.8) is 0 Å². The quantitative estimate of drug-likeness (QED) is 0.729. The third kappa shape index (κ3) is 3.70. The molecule has 2 aromatic carbocycles. The van der Waals surface area contributed by atoms with Crippen LogP contribution >= 0.6 is 15.9 Å². The molecule has 0 radical (unpaired) electrons. The van der Waals surface area contributed by atoms with Crippen molar-refractivity contribution in [1.82, 2.24) is 0 Å². The molecule has 2 rings (SSSR count). The molecule has 0 aliphatic heterocycles. The molecule has 0 aliphatic carbocycles. The number of halogens is 1. The van der Waals surface area contributed by atoms with Gasteiger partial charge in [-0.15, -0.1) is 0 Å². The van der Waals surface area contributed by atoms with Gasteiger partial charge in [-0.1, -0.05) is 24.3 Å². The van der Waals surface area contributed by atoms with Crippen LogP contribution in [-0.4, -0.2) is 17.7 Å². The normalized spacial score (nSPS) is 9.86. The lowest BCUT2D eigenvalue weighted by Gasteiger charge is -2.09. The number of hydrogen-bond donors (Lipinski definition) is 3. The number of nitrogens with one attached hydrogen (secondary N) is 2. The molecule has 4 N–H and O–H groups in total. The third-order valence-corrected chi connectivity index (χ3v) is 3.46. The summed E-state index contributed by atoms with van der Waals surface area (Å²) in [5.41, 5.74) is 5.99. The molecule has 0 bridgehead atoms. The Hall–Kier alpha value is -2.67. The zero-order chi connectivity index (χ0) is 16.1. The lowest BCUT2D eigenvalue weighted by molar-refractivity contribution is -0.133. The van der Waals surface area contributed by atoms with Crippen LogP contribution in [0.3, 0.4) is 0 Å². The van der Waals surface area contributed by atoms with Crippen molar-refractivity contribution < 1.29 is 14.4 Å². The number of hydrogen-bond acceptors (Lipinski definition) is 3. The van der Waals surface area contributed by atoms with E-state index < -0.39 is 17.7 Å². The first-order valence-electron chi connectivity index (χ1n) is 6.24. The lowest BCUT2D eigenvalue weighted by atomic mass is 10.1. The Balaban J connectivity index is 2.11. The second-order valence-corrected chi connectivity index (χ2v) is 5.15. The standard InChI is InChI=1S/C15H12BrN3O3/c16-10-6-2-4-8-12(10)19-15(22)14(21)18-11-7-3-1-5-9(11)13(17)20/h1-8H,(H2,17,20)(H,18,21)(H,19,22). The second kappa shape index (κ2) is 6.86. The lowest BCUT2D eigenvalue weighted by Crippen LogP contribution is -2.30. The smallest absolute Gasteiger partial charge is 0.314 e. The fourth-order valence-corrected chi connectivity index (χ4v) is 2.11. The van der Waals surface area contributed by atoms with Crippen LogP contribution < -0.4 is 16.4 Å². The molecule has 0 fully saturated rings. The minimum atomic E-state index is -0.899. The molecular formula is C15H12BrN3O3. The molecule has 0 aromatic heterocycles. The Morgan fingerprint density at radius 2 is 1.32 bits per heavy atom. The van der Waals surface area contributed by atoms with E-state index in [0.717, 1.165) is 0 Å². The molecule has 0 spiro atoms. The Morgan fingerprint density at radius 1 is 0.818 bits per heavy atom. The van der Waals surface area contributed by atoms with E-state index in [9.17, 15) is 14.4 Å². The van der Waals surface area contributed by atoms with E-state index in [4.69, 9.17) is 5.73 Å². The highest BCUT2D eigenvalue weighted by Crippen LogP contribution is 2.21. The maximum Gasteiger partial charge on any atom is 0.314 e. The second-order valence-electron chi connectivity index (χ2n) is 4.30. The van der Waals surface area contributed by atoms with Crippen molar-refractivity contribution in [3.05, 3.63) is 58.6 Å². The fraction of sp³-hybridized carbons (Fsp3) is 0. The van der Waals surface area contributed by atoms with Crippen LogP contribution in [0.4, 0.5) is 11.4 Å². The number of nitrogens with two attached hydrogens (primary N) is 1. The molecule has 0 unspecified atom stereocenters. The molecule has 0 heterocycles. The summed E-state index contributed by atoms with van der Waals surface area (Å²) in [7, 11) is 0. The molecule has 0 atom stereocenters. The van der Waals surface area contributed by atoms with Crippen LogP contribution in [0.25, 0.3) is 0 Å². The summed E-state index contributed by atoms with van der Waals surface area (Å²) < 4.78 is 0.647. The van der Waals surface area contributed by atoms with Crippen LogP contribution in [0.15, 0.2) is 53.0 Å². The van der Waals surface area contributed by atoms with Crippen LogP contribution in [0.2, 0.25) is 0 Å². The van der Waals surface area contributed by atoms with E-state index in [1.54, 1.807) is 36.4 Å². The summed E-state index contributed by atoms with van der Waals surface area (Å²) in [6.45, 7) is 0. The molecule has 0 saturated carbocycles. The van der Waals surface area contributed by atoms with Crippen molar-refractivity contribution in [2.24, 2.45) is 5.73 Å². The van der Waals surface area contributed by atoms with Crippen molar-refractivity contribution >= 4 is 45.0 Å². The summed E-state index contributed by atoms with van der Waals surface area (Å²) in [5, 5.41) is 4.83. The monoisotopic (exact) mass is 361 g/mol. The SMILES string of the molecule is NC(=O)c1ccccc1NC(=O)C(=O)Nc1ccccc1Br. The Labute approximate surface area is 134 Å². The summed E-state index contributed by atoms with van der Waals surface area (Å²) >= 11 is 3.26. The highest BCUT2D eigenvalue weighted by atomic mass is 79.9. The number of anilines is 2. The Kier molecular flexibility index (Phi) is 4.90. The van der Waals surface area contributed by atoms with E-state index in [-0.39, 0.29) is 11.3 Å². The molecule has 3 amide bonds. The van der Waals surface area contributed by atoms with Gasteiger partial charge in [-0.25, -0.2) is 0 Å². The summed E-state index contributed by atoms with van der Waals surface area (Å²) in [6.07, 6.45) is 0. The predicted octanol–water partition coefficient (Wildman–Crippen LogP) is 2.13.